The van der Waals surface area contributed by atoms with Gasteiger partial charge in [0.2, 0.25) is 0 Å². The first kappa shape index (κ1) is 87.1. The van der Waals surface area contributed by atoms with Crippen molar-refractivity contribution in [1.29, 1.82) is 0 Å². The maximum atomic E-state index is 13.0. The number of unbranched alkanes of at least 4 members (excludes halogenated alkanes) is 45. The normalized spacial score (nSPS) is 14.0. The summed E-state index contributed by atoms with van der Waals surface area (Å²) in [4.78, 5) is 72.5. The molecule has 0 bridgehead atoms. The van der Waals surface area contributed by atoms with E-state index >= 15 is 0 Å². The minimum atomic E-state index is -4.95. The van der Waals surface area contributed by atoms with E-state index in [1.54, 1.807) is 0 Å². The number of hydrogen-bond donors (Lipinski definition) is 3. The molecule has 0 aromatic rings. The molecule has 0 aliphatic carbocycles. The Balaban J connectivity index is 5.22. The van der Waals surface area contributed by atoms with Crippen LogP contribution in [0.4, 0.5) is 0 Å². The molecule has 0 aliphatic heterocycles. The van der Waals surface area contributed by atoms with Crippen molar-refractivity contribution in [2.24, 2.45) is 0 Å². The van der Waals surface area contributed by atoms with Crippen molar-refractivity contribution >= 4 is 39.5 Å². The topological polar surface area (TPSA) is 237 Å². The van der Waals surface area contributed by atoms with Gasteiger partial charge in [0.15, 0.2) is 12.2 Å². The van der Waals surface area contributed by atoms with Crippen LogP contribution in [-0.4, -0.2) is 96.7 Å². The minimum Gasteiger partial charge on any atom is -0.462 e. The number of phosphoric ester groups is 2. The molecule has 0 rings (SSSR count). The van der Waals surface area contributed by atoms with Gasteiger partial charge in [0, 0.05) is 25.7 Å². The van der Waals surface area contributed by atoms with Gasteiger partial charge in [-0.25, -0.2) is 9.13 Å². The second kappa shape index (κ2) is 64.8. The van der Waals surface area contributed by atoms with Crippen molar-refractivity contribution in [3.05, 3.63) is 0 Å². The molecule has 89 heavy (non-hydrogen) atoms. The summed E-state index contributed by atoms with van der Waals surface area (Å²) in [6.07, 6.45) is 52.6. The summed E-state index contributed by atoms with van der Waals surface area (Å²) in [6, 6.07) is 0. The van der Waals surface area contributed by atoms with Gasteiger partial charge >= 0.3 is 39.5 Å². The minimum absolute atomic E-state index is 0.107. The van der Waals surface area contributed by atoms with Crippen LogP contribution in [-0.2, 0) is 65.4 Å². The van der Waals surface area contributed by atoms with E-state index < -0.39 is 97.5 Å². The predicted molar refractivity (Wildman–Crippen MR) is 359 cm³/mol. The van der Waals surface area contributed by atoms with Crippen molar-refractivity contribution in [1.82, 2.24) is 0 Å². The van der Waals surface area contributed by atoms with Crippen LogP contribution in [0.15, 0.2) is 0 Å². The molecule has 5 atom stereocenters. The lowest BCUT2D eigenvalue weighted by Gasteiger charge is -2.21. The predicted octanol–water partition coefficient (Wildman–Crippen LogP) is 20.3. The first-order valence-corrected chi connectivity index (χ1v) is 39.8. The van der Waals surface area contributed by atoms with Crippen LogP contribution in [0.2, 0.25) is 0 Å². The standard InChI is InChI=1S/C70H136O17P2/c1-5-9-13-17-21-25-28-30-31-32-34-37-41-45-49-53-57-70(75)87-66(61-81-68(73)55-51-47-43-39-36-33-29-26-22-18-14-10-6-2)63-85-89(78,79)83-59-64(71)58-82-88(76,77)84-62-65(60-80-67(72)54-50-46-42-38-24-20-16-12-8-4)86-69(74)56-52-48-44-40-35-27-23-19-15-11-7-3/h64-66,71H,5-63H2,1-4H3,(H,76,77)(H,78,79)/t64-,65+,66+/m0/s1. The first-order valence-electron chi connectivity index (χ1n) is 36.8. The summed E-state index contributed by atoms with van der Waals surface area (Å²) in [5.41, 5.74) is 0. The van der Waals surface area contributed by atoms with E-state index in [-0.39, 0.29) is 25.7 Å². The highest BCUT2D eigenvalue weighted by Gasteiger charge is 2.30. The number of carbonyl (C=O) groups is 4. The zero-order valence-corrected chi connectivity index (χ0v) is 59.2. The Morgan fingerprint density at radius 3 is 0.663 bits per heavy atom. The molecule has 0 heterocycles. The Morgan fingerprint density at radius 1 is 0.270 bits per heavy atom. The molecule has 2 unspecified atom stereocenters. The fourth-order valence-electron chi connectivity index (χ4n) is 10.7. The zero-order chi connectivity index (χ0) is 65.4. The summed E-state index contributed by atoms with van der Waals surface area (Å²) >= 11 is 0. The molecule has 0 saturated heterocycles. The van der Waals surface area contributed by atoms with Crippen LogP contribution >= 0.6 is 15.6 Å². The largest absolute Gasteiger partial charge is 0.472 e. The van der Waals surface area contributed by atoms with E-state index in [9.17, 15) is 43.2 Å². The maximum Gasteiger partial charge on any atom is 0.472 e. The molecule has 17 nitrogen and oxygen atoms in total. The Hall–Kier alpha value is -1.94. The van der Waals surface area contributed by atoms with Gasteiger partial charge in [0.25, 0.3) is 0 Å². The van der Waals surface area contributed by atoms with E-state index in [1.165, 1.54) is 199 Å². The number of aliphatic hydroxyl groups excluding tert-OH is 1. The van der Waals surface area contributed by atoms with Crippen LogP contribution in [0.5, 0.6) is 0 Å². The summed E-state index contributed by atoms with van der Waals surface area (Å²) in [7, 11) is -9.89. The van der Waals surface area contributed by atoms with Crippen molar-refractivity contribution in [2.45, 2.75) is 386 Å². The number of aliphatic hydroxyl groups is 1. The van der Waals surface area contributed by atoms with Gasteiger partial charge in [0.05, 0.1) is 26.4 Å². The average Bonchev–Trinajstić information content (AvgIpc) is 3.72. The van der Waals surface area contributed by atoms with Crippen molar-refractivity contribution < 1.29 is 80.2 Å². The summed E-state index contributed by atoms with van der Waals surface area (Å²) < 4.78 is 68.3. The van der Waals surface area contributed by atoms with Gasteiger partial charge in [-0.15, -0.1) is 0 Å². The summed E-state index contributed by atoms with van der Waals surface area (Å²) in [6.45, 7) is 4.93. The van der Waals surface area contributed by atoms with Gasteiger partial charge in [-0.1, -0.05) is 317 Å². The number of esters is 4. The van der Waals surface area contributed by atoms with Crippen molar-refractivity contribution in [3.63, 3.8) is 0 Å². The van der Waals surface area contributed by atoms with Gasteiger partial charge < -0.3 is 33.8 Å². The smallest absolute Gasteiger partial charge is 0.462 e. The van der Waals surface area contributed by atoms with E-state index in [0.29, 0.717) is 25.7 Å². The summed E-state index contributed by atoms with van der Waals surface area (Å²) in [5, 5.41) is 10.6. The number of ether oxygens (including phenoxy) is 4. The summed E-state index contributed by atoms with van der Waals surface area (Å²) in [5.74, 6) is -2.12. The fraction of sp³-hybridized carbons (Fsp3) is 0.943. The van der Waals surface area contributed by atoms with Gasteiger partial charge in [-0.3, -0.25) is 37.3 Å². The van der Waals surface area contributed by atoms with Crippen LogP contribution in [0.25, 0.3) is 0 Å². The molecule has 3 N–H and O–H groups in total. The second-order valence-electron chi connectivity index (χ2n) is 25.3. The molecule has 0 amide bonds. The molecule has 0 spiro atoms. The quantitative estimate of drug-likeness (QED) is 0.0222. The molecular formula is C70H136O17P2. The van der Waals surface area contributed by atoms with Crippen LogP contribution in [0, 0.1) is 0 Å². The lowest BCUT2D eigenvalue weighted by Crippen LogP contribution is -2.30. The molecule has 0 fully saturated rings. The molecule has 0 saturated carbocycles. The maximum absolute atomic E-state index is 13.0. The number of carbonyl (C=O) groups excluding carboxylic acids is 4. The zero-order valence-electron chi connectivity index (χ0n) is 57.4. The molecule has 19 heteroatoms. The average molecular weight is 1310 g/mol. The lowest BCUT2D eigenvalue weighted by molar-refractivity contribution is -0.161. The lowest BCUT2D eigenvalue weighted by atomic mass is 10.0. The van der Waals surface area contributed by atoms with Crippen LogP contribution in [0.3, 0.4) is 0 Å². The Labute approximate surface area is 543 Å². The van der Waals surface area contributed by atoms with E-state index in [2.05, 4.69) is 27.7 Å². The van der Waals surface area contributed by atoms with Crippen LogP contribution in [0.1, 0.15) is 368 Å². The molecule has 528 valence electrons. The monoisotopic (exact) mass is 1310 g/mol. The third kappa shape index (κ3) is 64.6. The SMILES string of the molecule is CCCCCCCCCCCCCCCCCCC(=O)O[C@H](COC(=O)CCCCCCCCCCCCCCC)COP(=O)(O)OC[C@@H](O)COP(=O)(O)OC[C@@H](COC(=O)CCCCCCCCCCC)OC(=O)CCCCCCCCCCCCC. The van der Waals surface area contributed by atoms with Gasteiger partial charge in [-0.05, 0) is 25.7 Å². The van der Waals surface area contributed by atoms with Crippen molar-refractivity contribution in [2.75, 3.05) is 39.6 Å². The van der Waals surface area contributed by atoms with Crippen molar-refractivity contribution in [3.8, 4) is 0 Å². The highest BCUT2D eigenvalue weighted by molar-refractivity contribution is 7.47. The third-order valence-electron chi connectivity index (χ3n) is 16.4. The number of rotatable bonds is 71. The van der Waals surface area contributed by atoms with Gasteiger partial charge in [0.1, 0.15) is 19.3 Å². The molecule has 0 radical (unpaired) electrons. The fourth-order valence-corrected chi connectivity index (χ4v) is 12.3. The molecule has 0 aromatic heterocycles. The first-order chi connectivity index (χ1) is 43.2. The number of hydrogen-bond acceptors (Lipinski definition) is 15. The Bertz CT molecular complexity index is 1710. The van der Waals surface area contributed by atoms with Crippen LogP contribution < -0.4 is 0 Å². The van der Waals surface area contributed by atoms with E-state index in [1.807, 2.05) is 0 Å². The molecule has 0 aliphatic rings. The van der Waals surface area contributed by atoms with E-state index in [0.717, 1.165) is 89.9 Å². The van der Waals surface area contributed by atoms with Gasteiger partial charge in [-0.2, -0.15) is 0 Å². The Morgan fingerprint density at radius 2 is 0.449 bits per heavy atom. The highest BCUT2D eigenvalue weighted by Crippen LogP contribution is 2.45. The second-order valence-corrected chi connectivity index (χ2v) is 28.2. The highest BCUT2D eigenvalue weighted by atomic mass is 31.2. The molecule has 0 aromatic carbocycles. The molecular weight excluding hydrogens is 1170 g/mol. The number of phosphoric acid groups is 2. The van der Waals surface area contributed by atoms with E-state index in [4.69, 9.17) is 37.0 Å². The third-order valence-corrected chi connectivity index (χ3v) is 18.3. The Kier molecular flexibility index (Phi) is 63.3.